The summed E-state index contributed by atoms with van der Waals surface area (Å²) in [6, 6.07) is 1.43. The largest absolute Gasteiger partial charge is 0.317 e. The molecule has 2 atom stereocenters. The van der Waals surface area contributed by atoms with Gasteiger partial charge in [-0.15, -0.1) is 0 Å². The molecule has 0 spiro atoms. The molecule has 0 saturated carbocycles. The number of likely N-dealkylation sites (N-methyl/N-ethyl adjacent to an activating group) is 1. The number of hydrogen-bond donors (Lipinski definition) is 1. The molecule has 2 unspecified atom stereocenters. The quantitative estimate of drug-likeness (QED) is 0.757. The highest BCUT2D eigenvalue weighted by molar-refractivity contribution is 4.84. The molecule has 2 saturated heterocycles. The van der Waals surface area contributed by atoms with E-state index in [1.165, 1.54) is 45.6 Å². The molecular weight excluding hydrogens is 198 g/mol. The summed E-state index contributed by atoms with van der Waals surface area (Å²) in [6.45, 7) is 11.0. The topological polar surface area (TPSA) is 18.5 Å². The minimum absolute atomic E-state index is 0.713. The third-order valence-corrected chi connectivity index (χ3v) is 4.41. The van der Waals surface area contributed by atoms with Crippen LogP contribution < -0.4 is 5.32 Å². The first-order valence-electron chi connectivity index (χ1n) is 6.82. The van der Waals surface area contributed by atoms with Gasteiger partial charge < -0.3 is 5.32 Å². The molecule has 2 aliphatic heterocycles. The lowest BCUT2D eigenvalue weighted by atomic mass is 9.96. The second-order valence-corrected chi connectivity index (χ2v) is 5.78. The molecule has 94 valence electrons. The van der Waals surface area contributed by atoms with Crippen LogP contribution in [0.4, 0.5) is 0 Å². The summed E-state index contributed by atoms with van der Waals surface area (Å²) in [4.78, 5) is 5.20. The van der Waals surface area contributed by atoms with E-state index in [0.717, 1.165) is 5.92 Å². The molecule has 3 heteroatoms. The zero-order valence-corrected chi connectivity index (χ0v) is 11.1. The second-order valence-electron chi connectivity index (χ2n) is 5.78. The Balaban J connectivity index is 1.81. The van der Waals surface area contributed by atoms with Crippen molar-refractivity contribution in [2.75, 3.05) is 39.8 Å². The predicted octanol–water partition coefficient (Wildman–Crippen LogP) is 1.01. The van der Waals surface area contributed by atoms with Gasteiger partial charge in [0.1, 0.15) is 0 Å². The molecule has 0 aromatic carbocycles. The molecule has 2 fully saturated rings. The van der Waals surface area contributed by atoms with Crippen LogP contribution in [0.15, 0.2) is 0 Å². The van der Waals surface area contributed by atoms with Crippen LogP contribution in [0, 0.1) is 5.92 Å². The first-order chi connectivity index (χ1) is 7.66. The fourth-order valence-corrected chi connectivity index (χ4v) is 3.09. The number of nitrogens with one attached hydrogen (secondary N) is 1. The number of nitrogens with zero attached hydrogens (tertiary/aromatic N) is 2. The van der Waals surface area contributed by atoms with Gasteiger partial charge in [0, 0.05) is 31.7 Å². The Morgan fingerprint density at radius 3 is 2.19 bits per heavy atom. The van der Waals surface area contributed by atoms with E-state index in [-0.39, 0.29) is 0 Å². The van der Waals surface area contributed by atoms with Gasteiger partial charge in [-0.1, -0.05) is 0 Å². The highest BCUT2D eigenvalue weighted by Gasteiger charge is 2.28. The lowest BCUT2D eigenvalue weighted by Gasteiger charge is -2.43. The molecule has 0 aromatic heterocycles. The van der Waals surface area contributed by atoms with E-state index in [9.17, 15) is 0 Å². The van der Waals surface area contributed by atoms with Gasteiger partial charge in [-0.25, -0.2) is 0 Å². The van der Waals surface area contributed by atoms with E-state index in [2.05, 4.69) is 36.0 Å². The molecule has 0 aromatic rings. The van der Waals surface area contributed by atoms with Gasteiger partial charge in [-0.3, -0.25) is 9.80 Å². The maximum atomic E-state index is 3.45. The van der Waals surface area contributed by atoms with Gasteiger partial charge in [0.25, 0.3) is 0 Å². The Morgan fingerprint density at radius 2 is 1.62 bits per heavy atom. The van der Waals surface area contributed by atoms with Crippen molar-refractivity contribution in [1.82, 2.24) is 15.1 Å². The van der Waals surface area contributed by atoms with E-state index in [1.54, 1.807) is 0 Å². The van der Waals surface area contributed by atoms with Crippen molar-refractivity contribution in [3.05, 3.63) is 0 Å². The fourth-order valence-electron chi connectivity index (χ4n) is 3.09. The molecule has 0 radical (unpaired) electrons. The zero-order chi connectivity index (χ0) is 11.5. The third kappa shape index (κ3) is 2.96. The maximum absolute atomic E-state index is 3.45. The van der Waals surface area contributed by atoms with Gasteiger partial charge in [0.15, 0.2) is 0 Å². The molecule has 0 aliphatic carbocycles. The molecule has 1 N–H and O–H groups in total. The van der Waals surface area contributed by atoms with Crippen molar-refractivity contribution >= 4 is 0 Å². The number of rotatable bonds is 2. The summed E-state index contributed by atoms with van der Waals surface area (Å²) in [5.41, 5.74) is 0. The number of piperidine rings is 1. The van der Waals surface area contributed by atoms with Gasteiger partial charge in [0.05, 0.1) is 0 Å². The molecular formula is C13H27N3. The van der Waals surface area contributed by atoms with Crippen molar-refractivity contribution in [2.24, 2.45) is 5.92 Å². The lowest BCUT2D eigenvalue weighted by molar-refractivity contribution is 0.0475. The highest BCUT2D eigenvalue weighted by atomic mass is 15.3. The summed E-state index contributed by atoms with van der Waals surface area (Å²) in [6.07, 6.45) is 2.74. The second kappa shape index (κ2) is 5.48. The first-order valence-corrected chi connectivity index (χ1v) is 6.82. The van der Waals surface area contributed by atoms with Crippen molar-refractivity contribution in [3.63, 3.8) is 0 Å². The average molecular weight is 225 g/mol. The van der Waals surface area contributed by atoms with Crippen molar-refractivity contribution in [1.29, 1.82) is 0 Å². The SMILES string of the molecule is CC1CN(CC2CCNCC2)CC(C)N1C. The molecule has 2 aliphatic rings. The summed E-state index contributed by atoms with van der Waals surface area (Å²) in [5, 5.41) is 3.45. The van der Waals surface area contributed by atoms with Gasteiger partial charge in [-0.05, 0) is 52.7 Å². The third-order valence-electron chi connectivity index (χ3n) is 4.41. The van der Waals surface area contributed by atoms with Crippen LogP contribution in [0.25, 0.3) is 0 Å². The molecule has 16 heavy (non-hydrogen) atoms. The van der Waals surface area contributed by atoms with E-state index < -0.39 is 0 Å². The average Bonchev–Trinajstić information content (AvgIpc) is 2.27. The van der Waals surface area contributed by atoms with Crippen LogP contribution in [0.5, 0.6) is 0 Å². The summed E-state index contributed by atoms with van der Waals surface area (Å²) in [7, 11) is 2.26. The monoisotopic (exact) mass is 225 g/mol. The Bertz CT molecular complexity index is 201. The number of hydrogen-bond acceptors (Lipinski definition) is 3. The predicted molar refractivity (Wildman–Crippen MR) is 68.7 cm³/mol. The lowest BCUT2D eigenvalue weighted by Crippen LogP contribution is -2.56. The van der Waals surface area contributed by atoms with Gasteiger partial charge >= 0.3 is 0 Å². The molecule has 3 nitrogen and oxygen atoms in total. The van der Waals surface area contributed by atoms with Crippen LogP contribution >= 0.6 is 0 Å². The minimum Gasteiger partial charge on any atom is -0.317 e. The smallest absolute Gasteiger partial charge is 0.0195 e. The van der Waals surface area contributed by atoms with Crippen molar-refractivity contribution in [3.8, 4) is 0 Å². The van der Waals surface area contributed by atoms with Crippen LogP contribution in [0.2, 0.25) is 0 Å². The standard InChI is InChI=1S/C13H27N3/c1-11-8-16(9-12(2)15(11)3)10-13-4-6-14-7-5-13/h11-14H,4-10H2,1-3H3. The Hall–Kier alpha value is -0.120. The van der Waals surface area contributed by atoms with Crippen LogP contribution in [-0.2, 0) is 0 Å². The van der Waals surface area contributed by atoms with E-state index in [0.29, 0.717) is 12.1 Å². The van der Waals surface area contributed by atoms with Crippen molar-refractivity contribution in [2.45, 2.75) is 38.8 Å². The zero-order valence-electron chi connectivity index (χ0n) is 11.1. The fraction of sp³-hybridized carbons (Fsp3) is 1.00. The molecule has 2 heterocycles. The van der Waals surface area contributed by atoms with E-state index >= 15 is 0 Å². The first kappa shape index (κ1) is 12.3. The van der Waals surface area contributed by atoms with Crippen LogP contribution in [-0.4, -0.2) is 61.7 Å². The number of piperazine rings is 1. The van der Waals surface area contributed by atoms with Crippen molar-refractivity contribution < 1.29 is 0 Å². The summed E-state index contributed by atoms with van der Waals surface area (Å²) < 4.78 is 0. The Kier molecular flexibility index (Phi) is 4.22. The van der Waals surface area contributed by atoms with E-state index in [1.807, 2.05) is 0 Å². The maximum Gasteiger partial charge on any atom is 0.0195 e. The van der Waals surface area contributed by atoms with Crippen LogP contribution in [0.1, 0.15) is 26.7 Å². The van der Waals surface area contributed by atoms with Gasteiger partial charge in [0.2, 0.25) is 0 Å². The molecule has 0 amide bonds. The van der Waals surface area contributed by atoms with Crippen LogP contribution in [0.3, 0.4) is 0 Å². The minimum atomic E-state index is 0.713. The molecule has 2 rings (SSSR count). The molecule has 0 bridgehead atoms. The summed E-state index contributed by atoms with van der Waals surface area (Å²) >= 11 is 0. The van der Waals surface area contributed by atoms with E-state index in [4.69, 9.17) is 0 Å². The highest BCUT2D eigenvalue weighted by Crippen LogP contribution is 2.18. The Labute approximate surface area is 100 Å². The normalized spacial score (nSPS) is 35.4. The van der Waals surface area contributed by atoms with Gasteiger partial charge in [-0.2, -0.15) is 0 Å². The summed E-state index contributed by atoms with van der Waals surface area (Å²) in [5.74, 6) is 0.934. The Morgan fingerprint density at radius 1 is 1.06 bits per heavy atom.